The molecular formula is C13H18N4O. The Hall–Kier alpha value is -2.04. The number of anilines is 1. The van der Waals surface area contributed by atoms with Crippen LogP contribution in [0.5, 0.6) is 0 Å². The van der Waals surface area contributed by atoms with Gasteiger partial charge >= 0.3 is 0 Å². The van der Waals surface area contributed by atoms with E-state index in [0.717, 1.165) is 30.5 Å². The molecule has 1 amide bonds. The molecule has 0 atom stereocenters. The third kappa shape index (κ3) is 3.23. The van der Waals surface area contributed by atoms with Gasteiger partial charge in [0.05, 0.1) is 6.42 Å². The van der Waals surface area contributed by atoms with Crippen LogP contribution in [-0.4, -0.2) is 18.4 Å². The lowest BCUT2D eigenvalue weighted by atomic mass is 10.0. The number of rotatable bonds is 5. The number of amides is 1. The van der Waals surface area contributed by atoms with E-state index in [2.05, 4.69) is 22.4 Å². The van der Waals surface area contributed by atoms with Crippen molar-refractivity contribution in [3.63, 3.8) is 0 Å². The Kier molecular flexibility index (Phi) is 3.82. The number of fused-ring (bicyclic) bond motifs is 1. The van der Waals surface area contributed by atoms with Gasteiger partial charge in [0.25, 0.3) is 0 Å². The van der Waals surface area contributed by atoms with Crippen LogP contribution in [0.15, 0.2) is 23.2 Å². The van der Waals surface area contributed by atoms with Crippen LogP contribution in [0.1, 0.15) is 24.0 Å². The summed E-state index contributed by atoms with van der Waals surface area (Å²) in [7, 11) is 0. The van der Waals surface area contributed by atoms with E-state index in [9.17, 15) is 4.79 Å². The SMILES string of the molecule is NC(N)=NCCCCc1ccc2c(c1)CC(=O)N2. The summed E-state index contributed by atoms with van der Waals surface area (Å²) < 4.78 is 0. The van der Waals surface area contributed by atoms with E-state index in [-0.39, 0.29) is 11.9 Å². The van der Waals surface area contributed by atoms with Crippen molar-refractivity contribution in [2.45, 2.75) is 25.7 Å². The number of nitrogens with two attached hydrogens (primary N) is 2. The van der Waals surface area contributed by atoms with Crippen LogP contribution in [0, 0.1) is 0 Å². The standard InChI is InChI=1S/C13H18N4O/c14-13(15)16-6-2-1-3-9-4-5-11-10(7-9)8-12(18)17-11/h4-5,7H,1-3,6,8H2,(H,17,18)(H4,14,15,16). The molecule has 0 unspecified atom stereocenters. The molecule has 1 aromatic carbocycles. The van der Waals surface area contributed by atoms with E-state index < -0.39 is 0 Å². The lowest BCUT2D eigenvalue weighted by Crippen LogP contribution is -2.22. The molecule has 2 rings (SSSR count). The third-order valence-electron chi connectivity index (χ3n) is 2.96. The molecule has 0 radical (unpaired) electrons. The zero-order valence-corrected chi connectivity index (χ0v) is 10.3. The molecule has 96 valence electrons. The van der Waals surface area contributed by atoms with Gasteiger partial charge in [-0.3, -0.25) is 9.79 Å². The van der Waals surface area contributed by atoms with Gasteiger partial charge in [-0.15, -0.1) is 0 Å². The number of nitrogens with one attached hydrogen (secondary N) is 1. The highest BCUT2D eigenvalue weighted by Gasteiger charge is 2.16. The van der Waals surface area contributed by atoms with Crippen LogP contribution < -0.4 is 16.8 Å². The molecule has 0 fully saturated rings. The van der Waals surface area contributed by atoms with Gasteiger partial charge in [0, 0.05) is 12.2 Å². The van der Waals surface area contributed by atoms with E-state index in [1.54, 1.807) is 0 Å². The highest BCUT2D eigenvalue weighted by molar-refractivity contribution is 5.99. The fourth-order valence-corrected chi connectivity index (χ4v) is 2.09. The fraction of sp³-hybridized carbons (Fsp3) is 0.385. The van der Waals surface area contributed by atoms with E-state index in [0.29, 0.717) is 13.0 Å². The van der Waals surface area contributed by atoms with Crippen molar-refractivity contribution in [1.29, 1.82) is 0 Å². The van der Waals surface area contributed by atoms with E-state index in [4.69, 9.17) is 11.5 Å². The monoisotopic (exact) mass is 246 g/mol. The first kappa shape index (κ1) is 12.4. The first-order valence-corrected chi connectivity index (χ1v) is 6.12. The second-order valence-electron chi connectivity index (χ2n) is 4.48. The van der Waals surface area contributed by atoms with Crippen molar-refractivity contribution >= 4 is 17.6 Å². The van der Waals surface area contributed by atoms with Crippen molar-refractivity contribution in [2.75, 3.05) is 11.9 Å². The predicted molar refractivity (Wildman–Crippen MR) is 72.4 cm³/mol. The van der Waals surface area contributed by atoms with E-state index in [1.807, 2.05) is 6.07 Å². The molecule has 1 aromatic rings. The molecule has 1 aliphatic heterocycles. The molecule has 5 N–H and O–H groups in total. The first-order valence-electron chi connectivity index (χ1n) is 6.12. The Morgan fingerprint density at radius 2 is 2.17 bits per heavy atom. The van der Waals surface area contributed by atoms with Crippen molar-refractivity contribution in [1.82, 2.24) is 0 Å². The Balaban J connectivity index is 1.82. The molecule has 0 saturated carbocycles. The van der Waals surface area contributed by atoms with E-state index in [1.165, 1.54) is 5.56 Å². The number of carbonyl (C=O) groups is 1. The number of unbranched alkanes of at least 4 members (excludes halogenated alkanes) is 1. The second kappa shape index (κ2) is 5.53. The summed E-state index contributed by atoms with van der Waals surface area (Å²) in [5, 5.41) is 2.83. The minimum atomic E-state index is 0.0786. The van der Waals surface area contributed by atoms with Crippen LogP contribution in [-0.2, 0) is 17.6 Å². The van der Waals surface area contributed by atoms with Gasteiger partial charge in [-0.05, 0) is 36.5 Å². The molecule has 0 bridgehead atoms. The Morgan fingerprint density at radius 1 is 1.33 bits per heavy atom. The number of hydrogen-bond donors (Lipinski definition) is 3. The lowest BCUT2D eigenvalue weighted by molar-refractivity contribution is -0.115. The van der Waals surface area contributed by atoms with Gasteiger partial charge in [-0.25, -0.2) is 0 Å². The molecule has 0 spiro atoms. The largest absolute Gasteiger partial charge is 0.370 e. The third-order valence-corrected chi connectivity index (χ3v) is 2.96. The molecule has 18 heavy (non-hydrogen) atoms. The summed E-state index contributed by atoms with van der Waals surface area (Å²) in [5.74, 6) is 0.229. The maximum atomic E-state index is 11.2. The second-order valence-corrected chi connectivity index (χ2v) is 4.48. The maximum Gasteiger partial charge on any atom is 0.228 e. The molecule has 0 saturated heterocycles. The Morgan fingerprint density at radius 3 is 2.94 bits per heavy atom. The fourth-order valence-electron chi connectivity index (χ4n) is 2.09. The zero-order valence-electron chi connectivity index (χ0n) is 10.3. The number of aliphatic imine (C=N–C) groups is 1. The summed E-state index contributed by atoms with van der Waals surface area (Å²) in [6.45, 7) is 0.674. The number of aryl methyl sites for hydroxylation is 1. The van der Waals surface area contributed by atoms with Gasteiger partial charge in [0.2, 0.25) is 5.91 Å². The molecule has 1 aliphatic rings. The molecule has 5 nitrogen and oxygen atoms in total. The zero-order chi connectivity index (χ0) is 13.0. The number of benzene rings is 1. The molecule has 5 heteroatoms. The normalized spacial score (nSPS) is 13.0. The number of nitrogens with zero attached hydrogens (tertiary/aromatic N) is 1. The Labute approximate surface area is 106 Å². The van der Waals surface area contributed by atoms with Crippen LogP contribution in [0.2, 0.25) is 0 Å². The highest BCUT2D eigenvalue weighted by atomic mass is 16.1. The Bertz CT molecular complexity index is 478. The molecule has 1 heterocycles. The van der Waals surface area contributed by atoms with Crippen LogP contribution in [0.25, 0.3) is 0 Å². The summed E-state index contributed by atoms with van der Waals surface area (Å²) in [5.41, 5.74) is 13.8. The van der Waals surface area contributed by atoms with Crippen molar-refractivity contribution < 1.29 is 4.79 Å². The van der Waals surface area contributed by atoms with Gasteiger partial charge in [0.15, 0.2) is 5.96 Å². The molecule has 0 aromatic heterocycles. The average molecular weight is 246 g/mol. The van der Waals surface area contributed by atoms with Crippen LogP contribution >= 0.6 is 0 Å². The summed E-state index contributed by atoms with van der Waals surface area (Å²) in [6.07, 6.45) is 3.49. The topological polar surface area (TPSA) is 93.5 Å². The molecule has 0 aliphatic carbocycles. The predicted octanol–water partition coefficient (Wildman–Crippen LogP) is 0.777. The number of carbonyl (C=O) groups excluding carboxylic acids is 1. The number of guanidine groups is 1. The summed E-state index contributed by atoms with van der Waals surface area (Å²) in [4.78, 5) is 15.2. The van der Waals surface area contributed by atoms with Crippen molar-refractivity contribution in [3.05, 3.63) is 29.3 Å². The van der Waals surface area contributed by atoms with Crippen LogP contribution in [0.4, 0.5) is 5.69 Å². The molecular weight excluding hydrogens is 228 g/mol. The average Bonchev–Trinajstić information content (AvgIpc) is 2.67. The van der Waals surface area contributed by atoms with Gasteiger partial charge in [-0.1, -0.05) is 12.1 Å². The number of hydrogen-bond acceptors (Lipinski definition) is 2. The van der Waals surface area contributed by atoms with E-state index >= 15 is 0 Å². The van der Waals surface area contributed by atoms with Gasteiger partial charge in [0.1, 0.15) is 0 Å². The van der Waals surface area contributed by atoms with Crippen LogP contribution in [0.3, 0.4) is 0 Å². The highest BCUT2D eigenvalue weighted by Crippen LogP contribution is 2.24. The summed E-state index contributed by atoms with van der Waals surface area (Å²) >= 11 is 0. The van der Waals surface area contributed by atoms with Crippen molar-refractivity contribution in [3.8, 4) is 0 Å². The lowest BCUT2D eigenvalue weighted by Gasteiger charge is -2.03. The van der Waals surface area contributed by atoms with Crippen molar-refractivity contribution in [2.24, 2.45) is 16.5 Å². The maximum absolute atomic E-state index is 11.2. The quantitative estimate of drug-likeness (QED) is 0.407. The smallest absolute Gasteiger partial charge is 0.228 e. The van der Waals surface area contributed by atoms with Gasteiger partial charge < -0.3 is 16.8 Å². The first-order chi connectivity index (χ1) is 8.65. The minimum Gasteiger partial charge on any atom is -0.370 e. The summed E-state index contributed by atoms with van der Waals surface area (Å²) in [6, 6.07) is 6.14. The minimum absolute atomic E-state index is 0.0786. The van der Waals surface area contributed by atoms with Gasteiger partial charge in [-0.2, -0.15) is 0 Å².